The van der Waals surface area contributed by atoms with E-state index in [1.54, 1.807) is 18.6 Å². The molecule has 1 aromatic heterocycles. The third kappa shape index (κ3) is 5.88. The van der Waals surface area contributed by atoms with Crippen molar-refractivity contribution in [2.45, 2.75) is 45.9 Å². The van der Waals surface area contributed by atoms with E-state index in [0.717, 1.165) is 46.5 Å². The van der Waals surface area contributed by atoms with Crippen LogP contribution in [0, 0.1) is 0 Å². The van der Waals surface area contributed by atoms with Gasteiger partial charge < -0.3 is 23.9 Å². The fourth-order valence-corrected chi connectivity index (χ4v) is 4.05. The van der Waals surface area contributed by atoms with Crippen molar-refractivity contribution in [3.63, 3.8) is 0 Å². The molecule has 1 aliphatic heterocycles. The standard InChI is InChI=1S/C28H31NO5/c1-3-4-14-33-20(2)34-26-8-5-22(6-9-26)23-7-10-27-25(16-23)17-24(28(30)31)11-13-29(27)18-21-12-15-32-19-21/h5-10,12,15-17,19-20H,3-4,11,13-14,18H2,1-2H3,(H,30,31). The molecular formula is C28H31NO5. The number of hydrogen-bond donors (Lipinski definition) is 1. The Morgan fingerprint density at radius 1 is 1.15 bits per heavy atom. The highest BCUT2D eigenvalue weighted by Crippen LogP contribution is 2.34. The zero-order valence-electron chi connectivity index (χ0n) is 19.7. The molecule has 6 heteroatoms. The number of unbranched alkanes of at least 4 members (excludes halogenated alkanes) is 1. The highest BCUT2D eigenvalue weighted by atomic mass is 16.7. The molecule has 1 unspecified atom stereocenters. The molecule has 2 aromatic carbocycles. The second kappa shape index (κ2) is 11.1. The molecule has 0 spiro atoms. The number of aliphatic carboxylic acids is 1. The highest BCUT2D eigenvalue weighted by Gasteiger charge is 2.20. The molecule has 34 heavy (non-hydrogen) atoms. The molecule has 0 saturated heterocycles. The van der Waals surface area contributed by atoms with Gasteiger partial charge in [-0.1, -0.05) is 31.5 Å². The van der Waals surface area contributed by atoms with Crippen molar-refractivity contribution in [1.82, 2.24) is 0 Å². The molecule has 2 heterocycles. The van der Waals surface area contributed by atoms with Crippen LogP contribution in [0.15, 0.2) is 71.0 Å². The van der Waals surface area contributed by atoms with Crippen molar-refractivity contribution in [2.24, 2.45) is 0 Å². The number of hydrogen-bond acceptors (Lipinski definition) is 5. The number of rotatable bonds is 10. The fourth-order valence-electron chi connectivity index (χ4n) is 4.05. The van der Waals surface area contributed by atoms with Crippen LogP contribution in [0.4, 0.5) is 5.69 Å². The van der Waals surface area contributed by atoms with Crippen LogP contribution in [-0.4, -0.2) is 30.5 Å². The third-order valence-corrected chi connectivity index (χ3v) is 5.92. The number of benzene rings is 2. The summed E-state index contributed by atoms with van der Waals surface area (Å²) in [7, 11) is 0. The van der Waals surface area contributed by atoms with E-state index in [1.165, 1.54) is 0 Å². The van der Waals surface area contributed by atoms with Crippen molar-refractivity contribution in [3.8, 4) is 16.9 Å². The first-order chi connectivity index (χ1) is 16.5. The lowest BCUT2D eigenvalue weighted by Crippen LogP contribution is -2.24. The first-order valence-corrected chi connectivity index (χ1v) is 11.8. The van der Waals surface area contributed by atoms with E-state index in [9.17, 15) is 9.90 Å². The molecule has 0 saturated carbocycles. The predicted octanol–water partition coefficient (Wildman–Crippen LogP) is 6.37. The fraction of sp³-hybridized carbons (Fsp3) is 0.321. The molecular weight excluding hydrogens is 430 g/mol. The first-order valence-electron chi connectivity index (χ1n) is 11.8. The number of anilines is 1. The average molecular weight is 462 g/mol. The van der Waals surface area contributed by atoms with Crippen LogP contribution >= 0.6 is 0 Å². The Morgan fingerprint density at radius 2 is 1.94 bits per heavy atom. The molecule has 0 fully saturated rings. The Morgan fingerprint density at radius 3 is 2.65 bits per heavy atom. The van der Waals surface area contributed by atoms with Gasteiger partial charge in [0.05, 0.1) is 19.1 Å². The molecule has 178 valence electrons. The highest BCUT2D eigenvalue weighted by molar-refractivity contribution is 5.94. The zero-order chi connectivity index (χ0) is 23.9. The van der Waals surface area contributed by atoms with Crippen molar-refractivity contribution >= 4 is 17.7 Å². The van der Waals surface area contributed by atoms with Gasteiger partial charge in [0.25, 0.3) is 0 Å². The SMILES string of the molecule is CCCCOC(C)Oc1ccc(-c2ccc3c(c2)C=C(C(=O)O)CCN3Cc2ccoc2)cc1. The summed E-state index contributed by atoms with van der Waals surface area (Å²) in [4.78, 5) is 14.0. The van der Waals surface area contributed by atoms with Gasteiger partial charge in [0.2, 0.25) is 0 Å². The first kappa shape index (κ1) is 23.6. The Bertz CT molecular complexity index is 1120. The van der Waals surface area contributed by atoms with Gasteiger partial charge in [-0.15, -0.1) is 0 Å². The van der Waals surface area contributed by atoms with Gasteiger partial charge >= 0.3 is 5.97 Å². The summed E-state index contributed by atoms with van der Waals surface area (Å²) in [5, 5.41) is 9.66. The van der Waals surface area contributed by atoms with Gasteiger partial charge in [0.15, 0.2) is 6.29 Å². The van der Waals surface area contributed by atoms with Crippen LogP contribution < -0.4 is 9.64 Å². The molecule has 0 bridgehead atoms. The minimum absolute atomic E-state index is 0.300. The van der Waals surface area contributed by atoms with Crippen molar-refractivity contribution in [1.29, 1.82) is 0 Å². The molecule has 3 aromatic rings. The molecule has 0 aliphatic carbocycles. The summed E-state index contributed by atoms with van der Waals surface area (Å²) in [6, 6.07) is 16.0. The Labute approximate surface area is 200 Å². The van der Waals surface area contributed by atoms with Crippen LogP contribution in [0.3, 0.4) is 0 Å². The van der Waals surface area contributed by atoms with Crippen LogP contribution in [-0.2, 0) is 16.1 Å². The summed E-state index contributed by atoms with van der Waals surface area (Å²) in [5.41, 5.74) is 5.42. The number of fused-ring (bicyclic) bond motifs is 1. The van der Waals surface area contributed by atoms with Crippen molar-refractivity contribution in [3.05, 3.63) is 77.8 Å². The molecule has 0 radical (unpaired) electrons. The minimum atomic E-state index is -0.877. The van der Waals surface area contributed by atoms with E-state index in [1.807, 2.05) is 37.3 Å². The largest absolute Gasteiger partial charge is 0.478 e. The summed E-state index contributed by atoms with van der Waals surface area (Å²) in [5.74, 6) is -0.125. The molecule has 1 atom stereocenters. The van der Waals surface area contributed by atoms with Gasteiger partial charge in [-0.3, -0.25) is 0 Å². The Balaban J connectivity index is 1.55. The Kier molecular flexibility index (Phi) is 7.70. The van der Waals surface area contributed by atoms with E-state index < -0.39 is 5.97 Å². The number of carboxylic acids is 1. The monoisotopic (exact) mass is 461 g/mol. The van der Waals surface area contributed by atoms with E-state index in [2.05, 4.69) is 30.0 Å². The van der Waals surface area contributed by atoms with Crippen LogP contribution in [0.25, 0.3) is 17.2 Å². The second-order valence-corrected chi connectivity index (χ2v) is 8.49. The lowest BCUT2D eigenvalue weighted by molar-refractivity contribution is -0.132. The molecule has 1 aliphatic rings. The summed E-state index contributed by atoms with van der Waals surface area (Å²) in [6.07, 6.45) is 7.46. The average Bonchev–Trinajstić information content (AvgIpc) is 3.27. The normalized spacial score (nSPS) is 14.2. The number of carbonyl (C=O) groups is 1. The minimum Gasteiger partial charge on any atom is -0.478 e. The molecule has 0 amide bonds. The number of furan rings is 1. The summed E-state index contributed by atoms with van der Waals surface area (Å²) >= 11 is 0. The quantitative estimate of drug-likeness (QED) is 0.280. The van der Waals surface area contributed by atoms with Crippen LogP contribution in [0.2, 0.25) is 0 Å². The number of carboxylic acid groups (broad SMARTS) is 1. The lowest BCUT2D eigenvalue weighted by Gasteiger charge is -2.25. The number of nitrogens with zero attached hydrogens (tertiary/aromatic N) is 1. The van der Waals surface area contributed by atoms with E-state index in [-0.39, 0.29) is 6.29 Å². The molecule has 1 N–H and O–H groups in total. The van der Waals surface area contributed by atoms with E-state index in [0.29, 0.717) is 31.7 Å². The maximum absolute atomic E-state index is 11.8. The number of ether oxygens (including phenoxy) is 2. The topological polar surface area (TPSA) is 72.1 Å². The van der Waals surface area contributed by atoms with Crippen LogP contribution in [0.5, 0.6) is 5.75 Å². The zero-order valence-corrected chi connectivity index (χ0v) is 19.7. The van der Waals surface area contributed by atoms with Gasteiger partial charge in [-0.05, 0) is 72.9 Å². The van der Waals surface area contributed by atoms with Gasteiger partial charge in [-0.25, -0.2) is 4.79 Å². The van der Waals surface area contributed by atoms with Crippen molar-refractivity contribution in [2.75, 3.05) is 18.1 Å². The Hall–Kier alpha value is -3.51. The molecule has 6 nitrogen and oxygen atoms in total. The lowest BCUT2D eigenvalue weighted by atomic mass is 10.00. The van der Waals surface area contributed by atoms with E-state index >= 15 is 0 Å². The van der Waals surface area contributed by atoms with Gasteiger partial charge in [0.1, 0.15) is 5.75 Å². The summed E-state index contributed by atoms with van der Waals surface area (Å²) in [6.45, 7) is 6.01. The molecule has 4 rings (SSSR count). The van der Waals surface area contributed by atoms with Gasteiger partial charge in [-0.2, -0.15) is 0 Å². The second-order valence-electron chi connectivity index (χ2n) is 8.49. The van der Waals surface area contributed by atoms with Gasteiger partial charge in [0, 0.05) is 29.9 Å². The van der Waals surface area contributed by atoms with Crippen molar-refractivity contribution < 1.29 is 23.8 Å². The third-order valence-electron chi connectivity index (χ3n) is 5.92. The van der Waals surface area contributed by atoms with E-state index in [4.69, 9.17) is 13.9 Å². The summed E-state index contributed by atoms with van der Waals surface area (Å²) < 4.78 is 16.7. The maximum Gasteiger partial charge on any atom is 0.331 e. The van der Waals surface area contributed by atoms with Crippen LogP contribution in [0.1, 0.15) is 44.2 Å². The smallest absolute Gasteiger partial charge is 0.331 e. The maximum atomic E-state index is 11.8. The predicted molar refractivity (Wildman–Crippen MR) is 133 cm³/mol.